The molecule has 1 aliphatic rings. The molecule has 3 rings (SSSR count). The molecule has 0 aliphatic carbocycles. The Hall–Kier alpha value is -1.95. The van der Waals surface area contributed by atoms with E-state index >= 15 is 0 Å². The third-order valence-electron chi connectivity index (χ3n) is 3.79. The molecule has 2 aromatic heterocycles. The molecule has 1 N–H and O–H groups in total. The fourth-order valence-electron chi connectivity index (χ4n) is 2.69. The van der Waals surface area contributed by atoms with Crippen LogP contribution in [0, 0.1) is 12.8 Å². The van der Waals surface area contributed by atoms with Gasteiger partial charge in [0, 0.05) is 24.2 Å². The van der Waals surface area contributed by atoms with E-state index < -0.39 is 0 Å². The number of rotatable bonds is 3. The van der Waals surface area contributed by atoms with Gasteiger partial charge in [-0.15, -0.1) is 11.3 Å². The van der Waals surface area contributed by atoms with Crippen molar-refractivity contribution in [2.75, 3.05) is 18.4 Å². The van der Waals surface area contributed by atoms with Crippen molar-refractivity contribution in [1.29, 1.82) is 0 Å². The Labute approximate surface area is 134 Å². The monoisotopic (exact) mass is 316 g/mol. The van der Waals surface area contributed by atoms with Crippen LogP contribution < -0.4 is 5.32 Å². The van der Waals surface area contributed by atoms with Crippen molar-refractivity contribution in [2.45, 2.75) is 26.7 Å². The summed E-state index contributed by atoms with van der Waals surface area (Å²) < 4.78 is 0. The molecule has 1 atom stereocenters. The average Bonchev–Trinajstić information content (AvgIpc) is 2.95. The highest BCUT2D eigenvalue weighted by Crippen LogP contribution is 2.23. The molecule has 0 bridgehead atoms. The van der Waals surface area contributed by atoms with Gasteiger partial charge in [0.2, 0.25) is 0 Å². The second-order valence-electron chi connectivity index (χ2n) is 5.83. The van der Waals surface area contributed by atoms with Crippen LogP contribution in [0.1, 0.15) is 35.9 Å². The molecule has 1 aliphatic heterocycles. The zero-order valence-corrected chi connectivity index (χ0v) is 13.7. The van der Waals surface area contributed by atoms with Gasteiger partial charge in [-0.05, 0) is 37.8 Å². The van der Waals surface area contributed by atoms with Crippen molar-refractivity contribution in [1.82, 2.24) is 14.9 Å². The number of aryl methyl sites for hydroxylation is 1. The highest BCUT2D eigenvalue weighted by atomic mass is 32.1. The van der Waals surface area contributed by atoms with E-state index in [2.05, 4.69) is 22.2 Å². The van der Waals surface area contributed by atoms with Crippen molar-refractivity contribution in [3.05, 3.63) is 35.0 Å². The molecule has 3 heterocycles. The molecule has 6 heteroatoms. The Morgan fingerprint density at radius 3 is 3.05 bits per heavy atom. The molecule has 1 amide bonds. The largest absolute Gasteiger partial charge is 0.337 e. The lowest BCUT2D eigenvalue weighted by molar-refractivity contribution is 0.0678. The number of hydrogen-bond acceptors (Lipinski definition) is 5. The summed E-state index contributed by atoms with van der Waals surface area (Å²) in [6.45, 7) is 5.80. The molecule has 116 valence electrons. The maximum atomic E-state index is 12.5. The van der Waals surface area contributed by atoms with Gasteiger partial charge in [-0.25, -0.2) is 9.97 Å². The quantitative estimate of drug-likeness (QED) is 0.942. The number of nitrogens with one attached hydrogen (secondary N) is 1. The van der Waals surface area contributed by atoms with Gasteiger partial charge in [0.15, 0.2) is 5.13 Å². The van der Waals surface area contributed by atoms with E-state index in [1.165, 1.54) is 17.8 Å². The van der Waals surface area contributed by atoms with Crippen molar-refractivity contribution in [2.24, 2.45) is 5.92 Å². The Kier molecular flexibility index (Phi) is 4.38. The number of thiazole rings is 1. The zero-order chi connectivity index (χ0) is 15.5. The van der Waals surface area contributed by atoms with Crippen LogP contribution in [0.4, 0.5) is 10.9 Å². The SMILES string of the molecule is Cc1cccc(Nc2nc(C(=O)N3CCCC(C)C3)cs2)n1. The van der Waals surface area contributed by atoms with E-state index in [0.29, 0.717) is 16.7 Å². The maximum absolute atomic E-state index is 12.5. The maximum Gasteiger partial charge on any atom is 0.273 e. The smallest absolute Gasteiger partial charge is 0.273 e. The van der Waals surface area contributed by atoms with Crippen LogP contribution in [0.25, 0.3) is 0 Å². The fraction of sp³-hybridized carbons (Fsp3) is 0.438. The van der Waals surface area contributed by atoms with E-state index in [1.807, 2.05) is 35.4 Å². The van der Waals surface area contributed by atoms with Crippen LogP contribution in [0.5, 0.6) is 0 Å². The molecule has 22 heavy (non-hydrogen) atoms. The normalized spacial score (nSPS) is 18.3. The molecule has 0 aromatic carbocycles. The lowest BCUT2D eigenvalue weighted by atomic mass is 10.0. The van der Waals surface area contributed by atoms with E-state index in [4.69, 9.17) is 0 Å². The first-order valence-electron chi connectivity index (χ1n) is 7.57. The van der Waals surface area contributed by atoms with E-state index in [9.17, 15) is 4.79 Å². The summed E-state index contributed by atoms with van der Waals surface area (Å²) in [5.74, 6) is 1.36. The zero-order valence-electron chi connectivity index (χ0n) is 12.9. The van der Waals surface area contributed by atoms with Gasteiger partial charge in [-0.2, -0.15) is 0 Å². The molecule has 1 unspecified atom stereocenters. The summed E-state index contributed by atoms with van der Waals surface area (Å²) >= 11 is 1.43. The fourth-order valence-corrected chi connectivity index (χ4v) is 3.38. The second kappa shape index (κ2) is 6.44. The van der Waals surface area contributed by atoms with Crippen LogP contribution >= 0.6 is 11.3 Å². The van der Waals surface area contributed by atoms with Crippen molar-refractivity contribution in [3.8, 4) is 0 Å². The number of anilines is 2. The molecular formula is C16H20N4OS. The number of carbonyl (C=O) groups excluding carboxylic acids is 1. The number of aromatic nitrogens is 2. The summed E-state index contributed by atoms with van der Waals surface area (Å²) in [6, 6.07) is 5.78. The second-order valence-corrected chi connectivity index (χ2v) is 6.68. The standard InChI is InChI=1S/C16H20N4OS/c1-11-5-4-8-20(9-11)15(21)13-10-22-16(18-13)19-14-7-3-6-12(2)17-14/h3,6-7,10-11H,4-5,8-9H2,1-2H3,(H,17,18,19). The minimum Gasteiger partial charge on any atom is -0.337 e. The number of pyridine rings is 1. The minimum absolute atomic E-state index is 0.0352. The van der Waals surface area contributed by atoms with Crippen molar-refractivity contribution in [3.63, 3.8) is 0 Å². The minimum atomic E-state index is 0.0352. The van der Waals surface area contributed by atoms with Gasteiger partial charge >= 0.3 is 0 Å². The molecule has 1 saturated heterocycles. The highest BCUT2D eigenvalue weighted by Gasteiger charge is 2.23. The first kappa shape index (κ1) is 15.0. The highest BCUT2D eigenvalue weighted by molar-refractivity contribution is 7.14. The van der Waals surface area contributed by atoms with Gasteiger partial charge < -0.3 is 10.2 Å². The predicted molar refractivity (Wildman–Crippen MR) is 88.7 cm³/mol. The number of nitrogens with zero attached hydrogens (tertiary/aromatic N) is 3. The van der Waals surface area contributed by atoms with E-state index in [1.54, 1.807) is 0 Å². The van der Waals surface area contributed by atoms with Gasteiger partial charge in [0.05, 0.1) is 0 Å². The molecule has 0 saturated carbocycles. The first-order valence-corrected chi connectivity index (χ1v) is 8.45. The Bertz CT molecular complexity index is 670. The van der Waals surface area contributed by atoms with Gasteiger partial charge in [-0.1, -0.05) is 13.0 Å². The van der Waals surface area contributed by atoms with Crippen LogP contribution in [0.2, 0.25) is 0 Å². The first-order chi connectivity index (χ1) is 10.6. The molecule has 5 nitrogen and oxygen atoms in total. The van der Waals surface area contributed by atoms with Crippen LogP contribution in [-0.2, 0) is 0 Å². The lowest BCUT2D eigenvalue weighted by Gasteiger charge is -2.30. The lowest BCUT2D eigenvalue weighted by Crippen LogP contribution is -2.39. The number of hydrogen-bond donors (Lipinski definition) is 1. The summed E-state index contributed by atoms with van der Waals surface area (Å²) in [5, 5.41) is 5.68. The molecule has 0 spiro atoms. The molecule has 2 aromatic rings. The van der Waals surface area contributed by atoms with E-state index in [-0.39, 0.29) is 5.91 Å². The topological polar surface area (TPSA) is 58.1 Å². The summed E-state index contributed by atoms with van der Waals surface area (Å²) in [6.07, 6.45) is 2.28. The average molecular weight is 316 g/mol. The van der Waals surface area contributed by atoms with Crippen molar-refractivity contribution < 1.29 is 4.79 Å². The number of carbonyl (C=O) groups is 1. The summed E-state index contributed by atoms with van der Waals surface area (Å²) in [4.78, 5) is 23.2. The Morgan fingerprint density at radius 1 is 1.41 bits per heavy atom. The van der Waals surface area contributed by atoms with Gasteiger partial charge in [0.25, 0.3) is 5.91 Å². The van der Waals surface area contributed by atoms with Crippen LogP contribution in [-0.4, -0.2) is 33.9 Å². The number of likely N-dealkylation sites (tertiary alicyclic amines) is 1. The van der Waals surface area contributed by atoms with Crippen LogP contribution in [0.15, 0.2) is 23.6 Å². The third-order valence-corrected chi connectivity index (χ3v) is 4.55. The Morgan fingerprint density at radius 2 is 2.27 bits per heavy atom. The number of amides is 1. The van der Waals surface area contributed by atoms with Gasteiger partial charge in [0.1, 0.15) is 11.5 Å². The number of piperidine rings is 1. The molecular weight excluding hydrogens is 296 g/mol. The predicted octanol–water partition coefficient (Wildman–Crippen LogP) is 3.46. The molecule has 1 fully saturated rings. The van der Waals surface area contributed by atoms with Crippen LogP contribution in [0.3, 0.4) is 0 Å². The van der Waals surface area contributed by atoms with E-state index in [0.717, 1.165) is 31.0 Å². The van der Waals surface area contributed by atoms with Gasteiger partial charge in [-0.3, -0.25) is 4.79 Å². The summed E-state index contributed by atoms with van der Waals surface area (Å²) in [7, 11) is 0. The Balaban J connectivity index is 1.69. The summed E-state index contributed by atoms with van der Waals surface area (Å²) in [5.41, 5.74) is 1.47. The molecule has 0 radical (unpaired) electrons. The third kappa shape index (κ3) is 3.44. The van der Waals surface area contributed by atoms with Crippen molar-refractivity contribution >= 4 is 28.2 Å².